The molecule has 2 aliphatic carbocycles. The first kappa shape index (κ1) is 23.6. The maximum absolute atomic E-state index is 6.05. The Bertz CT molecular complexity index is 665. The van der Waals surface area contributed by atoms with Gasteiger partial charge >= 0.3 is 0 Å². The van der Waals surface area contributed by atoms with Gasteiger partial charge in [0.2, 0.25) is 0 Å². The van der Waals surface area contributed by atoms with Gasteiger partial charge < -0.3 is 20.3 Å². The van der Waals surface area contributed by atoms with Gasteiger partial charge in [-0.05, 0) is 57.4 Å². The summed E-state index contributed by atoms with van der Waals surface area (Å²) in [5.41, 5.74) is 1.17. The SMILES string of the molecule is CCNC(=NCc1ccccc1OCC1CC1)NC1CCN(C2CCCC2)CC1.I. The fourth-order valence-corrected chi connectivity index (χ4v) is 4.62. The number of aliphatic imine (C=N–C) groups is 1. The highest BCUT2D eigenvalue weighted by Crippen LogP contribution is 2.30. The van der Waals surface area contributed by atoms with Gasteiger partial charge in [-0.2, -0.15) is 0 Å². The summed E-state index contributed by atoms with van der Waals surface area (Å²) in [7, 11) is 0. The van der Waals surface area contributed by atoms with Crippen molar-refractivity contribution >= 4 is 29.9 Å². The lowest BCUT2D eigenvalue weighted by Crippen LogP contribution is -2.50. The number of guanidine groups is 1. The standard InChI is InChI=1S/C24H38N4O.HI/c1-2-25-24(27-21-13-15-28(16-14-21)22-8-4-5-9-22)26-17-20-7-3-6-10-23(20)29-18-19-11-12-19;/h3,6-7,10,19,21-22H,2,4-5,8-9,11-18H2,1H3,(H2,25,26,27);1H. The molecule has 4 rings (SSSR count). The van der Waals surface area contributed by atoms with Gasteiger partial charge in [-0.1, -0.05) is 31.0 Å². The zero-order valence-electron chi connectivity index (χ0n) is 18.4. The Kier molecular flexibility index (Phi) is 9.56. The molecule has 0 spiro atoms. The van der Waals surface area contributed by atoms with Gasteiger partial charge in [0.05, 0.1) is 13.2 Å². The normalized spacial score (nSPS) is 21.3. The molecule has 5 nitrogen and oxygen atoms in total. The van der Waals surface area contributed by atoms with E-state index in [1.165, 1.54) is 70.0 Å². The minimum absolute atomic E-state index is 0. The van der Waals surface area contributed by atoms with Crippen LogP contribution in [0.1, 0.15) is 63.9 Å². The van der Waals surface area contributed by atoms with Gasteiger partial charge in [0, 0.05) is 37.3 Å². The summed E-state index contributed by atoms with van der Waals surface area (Å²) in [4.78, 5) is 7.60. The van der Waals surface area contributed by atoms with Crippen LogP contribution < -0.4 is 15.4 Å². The molecule has 30 heavy (non-hydrogen) atoms. The molecule has 1 aromatic rings. The molecule has 3 aliphatic rings. The summed E-state index contributed by atoms with van der Waals surface area (Å²) in [5, 5.41) is 7.12. The molecule has 1 aromatic carbocycles. The van der Waals surface area contributed by atoms with Gasteiger partial charge in [-0.15, -0.1) is 24.0 Å². The number of para-hydroxylation sites is 1. The number of ether oxygens (including phenoxy) is 1. The zero-order chi connectivity index (χ0) is 19.9. The van der Waals surface area contributed by atoms with Crippen LogP contribution in [0.15, 0.2) is 29.3 Å². The van der Waals surface area contributed by atoms with Crippen molar-refractivity contribution in [1.82, 2.24) is 15.5 Å². The van der Waals surface area contributed by atoms with Crippen molar-refractivity contribution in [2.75, 3.05) is 26.2 Å². The molecule has 0 aromatic heterocycles. The van der Waals surface area contributed by atoms with Gasteiger partial charge in [0.25, 0.3) is 0 Å². The first-order valence-corrected chi connectivity index (χ1v) is 11.8. The smallest absolute Gasteiger partial charge is 0.191 e. The third kappa shape index (κ3) is 7.01. The summed E-state index contributed by atoms with van der Waals surface area (Å²) in [6.45, 7) is 6.95. The van der Waals surface area contributed by atoms with E-state index in [4.69, 9.17) is 9.73 Å². The van der Waals surface area contributed by atoms with Crippen molar-refractivity contribution in [2.24, 2.45) is 10.9 Å². The lowest BCUT2D eigenvalue weighted by Gasteiger charge is -2.36. The van der Waals surface area contributed by atoms with Crippen molar-refractivity contribution in [3.8, 4) is 5.75 Å². The van der Waals surface area contributed by atoms with E-state index in [0.717, 1.165) is 36.8 Å². The van der Waals surface area contributed by atoms with Crippen LogP contribution in [0.25, 0.3) is 0 Å². The third-order valence-corrected chi connectivity index (χ3v) is 6.61. The molecule has 2 saturated carbocycles. The Morgan fingerprint density at radius 3 is 2.50 bits per heavy atom. The average molecular weight is 527 g/mol. The van der Waals surface area contributed by atoms with E-state index in [0.29, 0.717) is 12.6 Å². The van der Waals surface area contributed by atoms with Gasteiger partial charge in [0.15, 0.2) is 5.96 Å². The zero-order valence-corrected chi connectivity index (χ0v) is 20.8. The fourth-order valence-electron chi connectivity index (χ4n) is 4.62. The van der Waals surface area contributed by atoms with Crippen molar-refractivity contribution in [1.29, 1.82) is 0 Å². The fraction of sp³-hybridized carbons (Fsp3) is 0.708. The summed E-state index contributed by atoms with van der Waals surface area (Å²) < 4.78 is 6.05. The second-order valence-corrected chi connectivity index (χ2v) is 8.95. The second kappa shape index (κ2) is 12.1. The number of hydrogen-bond donors (Lipinski definition) is 2. The van der Waals surface area contributed by atoms with Crippen LogP contribution in [0.2, 0.25) is 0 Å². The molecular formula is C24H39IN4O. The Hall–Kier alpha value is -1.02. The second-order valence-electron chi connectivity index (χ2n) is 8.95. The summed E-state index contributed by atoms with van der Waals surface area (Å²) in [6.07, 6.45) is 10.7. The Morgan fingerprint density at radius 1 is 1.07 bits per heavy atom. The molecule has 1 saturated heterocycles. The molecule has 0 bridgehead atoms. The monoisotopic (exact) mass is 526 g/mol. The highest BCUT2D eigenvalue weighted by atomic mass is 127. The highest BCUT2D eigenvalue weighted by molar-refractivity contribution is 14.0. The van der Waals surface area contributed by atoms with E-state index >= 15 is 0 Å². The minimum atomic E-state index is 0. The van der Waals surface area contributed by atoms with Crippen LogP contribution in [0.5, 0.6) is 5.75 Å². The number of piperidine rings is 1. The quantitative estimate of drug-likeness (QED) is 0.297. The van der Waals surface area contributed by atoms with E-state index < -0.39 is 0 Å². The van der Waals surface area contributed by atoms with E-state index in [1.807, 2.05) is 0 Å². The molecule has 0 unspecified atom stereocenters. The van der Waals surface area contributed by atoms with Crippen molar-refractivity contribution in [2.45, 2.75) is 76.9 Å². The number of likely N-dealkylation sites (tertiary alicyclic amines) is 1. The Morgan fingerprint density at radius 2 is 1.80 bits per heavy atom. The lowest BCUT2D eigenvalue weighted by molar-refractivity contribution is 0.150. The molecule has 168 valence electrons. The molecule has 1 aliphatic heterocycles. The molecule has 3 fully saturated rings. The van der Waals surface area contributed by atoms with Crippen molar-refractivity contribution in [3.63, 3.8) is 0 Å². The van der Waals surface area contributed by atoms with Crippen molar-refractivity contribution in [3.05, 3.63) is 29.8 Å². The third-order valence-electron chi connectivity index (χ3n) is 6.61. The van der Waals surface area contributed by atoms with Crippen LogP contribution in [0.3, 0.4) is 0 Å². The first-order chi connectivity index (χ1) is 14.3. The highest BCUT2D eigenvalue weighted by Gasteiger charge is 2.27. The van der Waals surface area contributed by atoms with Crippen LogP contribution in [0.4, 0.5) is 0 Å². The molecule has 0 amide bonds. The number of benzene rings is 1. The van der Waals surface area contributed by atoms with Crippen LogP contribution in [-0.4, -0.2) is 49.2 Å². The van der Waals surface area contributed by atoms with E-state index in [9.17, 15) is 0 Å². The maximum Gasteiger partial charge on any atom is 0.191 e. The van der Waals surface area contributed by atoms with Crippen molar-refractivity contribution < 1.29 is 4.74 Å². The molecule has 0 atom stereocenters. The molecule has 6 heteroatoms. The summed E-state index contributed by atoms with van der Waals surface area (Å²) in [6, 6.07) is 9.71. The predicted molar refractivity (Wildman–Crippen MR) is 135 cm³/mol. The van der Waals surface area contributed by atoms with Crippen LogP contribution in [-0.2, 0) is 6.54 Å². The molecular weight excluding hydrogens is 487 g/mol. The maximum atomic E-state index is 6.05. The van der Waals surface area contributed by atoms with Crippen LogP contribution in [0, 0.1) is 5.92 Å². The van der Waals surface area contributed by atoms with Gasteiger partial charge in [0.1, 0.15) is 5.75 Å². The Balaban J connectivity index is 0.00000256. The number of nitrogens with one attached hydrogen (secondary N) is 2. The molecule has 0 radical (unpaired) electrons. The van der Waals surface area contributed by atoms with E-state index in [1.54, 1.807) is 0 Å². The minimum Gasteiger partial charge on any atom is -0.493 e. The lowest BCUT2D eigenvalue weighted by atomic mass is 10.0. The molecule has 1 heterocycles. The Labute approximate surface area is 199 Å². The van der Waals surface area contributed by atoms with Crippen LogP contribution >= 0.6 is 24.0 Å². The van der Waals surface area contributed by atoms with E-state index in [-0.39, 0.29) is 24.0 Å². The molecule has 2 N–H and O–H groups in total. The average Bonchev–Trinajstić information content (AvgIpc) is 3.42. The van der Waals surface area contributed by atoms with E-state index in [2.05, 4.69) is 46.7 Å². The predicted octanol–water partition coefficient (Wildman–Crippen LogP) is 4.56. The van der Waals surface area contributed by atoms with Gasteiger partial charge in [-0.3, -0.25) is 0 Å². The first-order valence-electron chi connectivity index (χ1n) is 11.8. The summed E-state index contributed by atoms with van der Waals surface area (Å²) in [5.74, 6) is 2.69. The number of rotatable bonds is 8. The number of hydrogen-bond acceptors (Lipinski definition) is 3. The summed E-state index contributed by atoms with van der Waals surface area (Å²) >= 11 is 0. The number of nitrogens with zero attached hydrogens (tertiary/aromatic N) is 2. The topological polar surface area (TPSA) is 48.9 Å². The largest absolute Gasteiger partial charge is 0.493 e. The van der Waals surface area contributed by atoms with Gasteiger partial charge in [-0.25, -0.2) is 4.99 Å². The number of halogens is 1.